The number of hydrogen-bond acceptors (Lipinski definition) is 3. The highest BCUT2D eigenvalue weighted by Crippen LogP contribution is 2.26. The quantitative estimate of drug-likeness (QED) is 0.781. The highest BCUT2D eigenvalue weighted by molar-refractivity contribution is 6.42. The SMILES string of the molecule is CCOC(=O)[C@@H](C)Oc1ccc(Cl)c(Cl)c1. The third-order valence-corrected chi connectivity index (χ3v) is 2.56. The van der Waals surface area contributed by atoms with Gasteiger partial charge in [0, 0.05) is 6.07 Å². The Hall–Kier alpha value is -0.930. The lowest BCUT2D eigenvalue weighted by atomic mass is 10.3. The van der Waals surface area contributed by atoms with Crippen molar-refractivity contribution in [1.29, 1.82) is 0 Å². The van der Waals surface area contributed by atoms with Crippen LogP contribution in [0.5, 0.6) is 5.75 Å². The average molecular weight is 263 g/mol. The molecule has 0 bridgehead atoms. The molecule has 1 rings (SSSR count). The third-order valence-electron chi connectivity index (χ3n) is 1.82. The summed E-state index contributed by atoms with van der Waals surface area (Å²) >= 11 is 11.6. The van der Waals surface area contributed by atoms with Crippen molar-refractivity contribution in [2.24, 2.45) is 0 Å². The van der Waals surface area contributed by atoms with Crippen molar-refractivity contribution in [3.05, 3.63) is 28.2 Å². The number of hydrogen-bond donors (Lipinski definition) is 0. The van der Waals surface area contributed by atoms with E-state index in [9.17, 15) is 4.79 Å². The molecule has 0 aromatic heterocycles. The molecule has 0 unspecified atom stereocenters. The molecule has 0 saturated heterocycles. The van der Waals surface area contributed by atoms with Crippen LogP contribution in [0.1, 0.15) is 13.8 Å². The van der Waals surface area contributed by atoms with Gasteiger partial charge < -0.3 is 9.47 Å². The van der Waals surface area contributed by atoms with E-state index in [-0.39, 0.29) is 0 Å². The molecule has 0 amide bonds. The Bertz CT molecular complexity index is 379. The molecule has 0 aliphatic carbocycles. The summed E-state index contributed by atoms with van der Waals surface area (Å²) in [6.45, 7) is 3.68. The summed E-state index contributed by atoms with van der Waals surface area (Å²) in [4.78, 5) is 11.3. The largest absolute Gasteiger partial charge is 0.479 e. The van der Waals surface area contributed by atoms with Gasteiger partial charge in [0.2, 0.25) is 0 Å². The standard InChI is InChI=1S/C11H12Cl2O3/c1-3-15-11(14)7(2)16-8-4-5-9(12)10(13)6-8/h4-7H,3H2,1-2H3/t7-/m1/s1. The summed E-state index contributed by atoms with van der Waals surface area (Å²) in [6, 6.07) is 4.81. The Labute approximate surface area is 104 Å². The Morgan fingerprint density at radius 1 is 1.38 bits per heavy atom. The smallest absolute Gasteiger partial charge is 0.347 e. The Kier molecular flexibility index (Phi) is 4.90. The minimum absolute atomic E-state index is 0.327. The molecule has 5 heteroatoms. The maximum Gasteiger partial charge on any atom is 0.347 e. The predicted molar refractivity (Wildman–Crippen MR) is 63.2 cm³/mol. The zero-order valence-corrected chi connectivity index (χ0v) is 10.5. The molecule has 0 heterocycles. The molecular formula is C11H12Cl2O3. The summed E-state index contributed by atoms with van der Waals surface area (Å²) in [5, 5.41) is 0.827. The van der Waals surface area contributed by atoms with E-state index in [1.54, 1.807) is 32.0 Å². The maximum absolute atomic E-state index is 11.3. The fraction of sp³-hybridized carbons (Fsp3) is 0.364. The molecule has 16 heavy (non-hydrogen) atoms. The molecule has 0 spiro atoms. The fourth-order valence-electron chi connectivity index (χ4n) is 1.06. The van der Waals surface area contributed by atoms with Gasteiger partial charge in [0.1, 0.15) is 5.75 Å². The van der Waals surface area contributed by atoms with Crippen molar-refractivity contribution in [2.45, 2.75) is 20.0 Å². The minimum Gasteiger partial charge on any atom is -0.479 e. The maximum atomic E-state index is 11.3. The van der Waals surface area contributed by atoms with E-state index in [4.69, 9.17) is 32.7 Å². The van der Waals surface area contributed by atoms with Crippen LogP contribution in [0.4, 0.5) is 0 Å². The molecule has 1 atom stereocenters. The predicted octanol–water partition coefficient (Wildman–Crippen LogP) is 3.32. The Morgan fingerprint density at radius 2 is 2.06 bits per heavy atom. The number of benzene rings is 1. The molecule has 0 fully saturated rings. The van der Waals surface area contributed by atoms with Gasteiger partial charge in [-0.2, -0.15) is 0 Å². The van der Waals surface area contributed by atoms with Crippen molar-refractivity contribution in [3.63, 3.8) is 0 Å². The van der Waals surface area contributed by atoms with E-state index in [1.165, 1.54) is 0 Å². The molecule has 0 aliphatic heterocycles. The van der Waals surface area contributed by atoms with Crippen LogP contribution < -0.4 is 4.74 Å². The van der Waals surface area contributed by atoms with Crippen LogP contribution >= 0.6 is 23.2 Å². The van der Waals surface area contributed by atoms with Gasteiger partial charge in [-0.15, -0.1) is 0 Å². The summed E-state index contributed by atoms with van der Waals surface area (Å²) in [5.74, 6) is 0.0727. The van der Waals surface area contributed by atoms with E-state index in [0.29, 0.717) is 22.4 Å². The van der Waals surface area contributed by atoms with E-state index >= 15 is 0 Å². The van der Waals surface area contributed by atoms with E-state index in [1.807, 2.05) is 0 Å². The average Bonchev–Trinajstić information content (AvgIpc) is 2.24. The molecule has 3 nitrogen and oxygen atoms in total. The van der Waals surface area contributed by atoms with E-state index in [0.717, 1.165) is 0 Å². The summed E-state index contributed by atoms with van der Waals surface area (Å²) in [5.41, 5.74) is 0. The van der Waals surface area contributed by atoms with Crippen LogP contribution in [0.3, 0.4) is 0 Å². The van der Waals surface area contributed by atoms with Crippen LogP contribution in [0.25, 0.3) is 0 Å². The van der Waals surface area contributed by atoms with Crippen molar-refractivity contribution in [1.82, 2.24) is 0 Å². The van der Waals surface area contributed by atoms with Crippen LogP contribution in [-0.4, -0.2) is 18.7 Å². The topological polar surface area (TPSA) is 35.5 Å². The number of halogens is 2. The summed E-state index contributed by atoms with van der Waals surface area (Å²) < 4.78 is 10.2. The molecule has 0 radical (unpaired) electrons. The number of carbonyl (C=O) groups is 1. The van der Waals surface area contributed by atoms with Crippen molar-refractivity contribution < 1.29 is 14.3 Å². The monoisotopic (exact) mass is 262 g/mol. The second kappa shape index (κ2) is 5.97. The first-order valence-electron chi connectivity index (χ1n) is 4.83. The lowest BCUT2D eigenvalue weighted by Gasteiger charge is -2.13. The van der Waals surface area contributed by atoms with Crippen molar-refractivity contribution >= 4 is 29.2 Å². The van der Waals surface area contributed by atoms with Gasteiger partial charge >= 0.3 is 5.97 Å². The zero-order valence-electron chi connectivity index (χ0n) is 9.00. The first kappa shape index (κ1) is 13.1. The molecule has 0 N–H and O–H groups in total. The van der Waals surface area contributed by atoms with Crippen molar-refractivity contribution in [2.75, 3.05) is 6.61 Å². The molecule has 1 aromatic rings. The van der Waals surface area contributed by atoms with Crippen LogP contribution in [0.15, 0.2) is 18.2 Å². The van der Waals surface area contributed by atoms with E-state index in [2.05, 4.69) is 0 Å². The minimum atomic E-state index is -0.669. The van der Waals surface area contributed by atoms with Gasteiger partial charge in [0.15, 0.2) is 6.10 Å². The number of carbonyl (C=O) groups excluding carboxylic acids is 1. The van der Waals surface area contributed by atoms with Gasteiger partial charge in [-0.05, 0) is 26.0 Å². The highest BCUT2D eigenvalue weighted by Gasteiger charge is 2.15. The highest BCUT2D eigenvalue weighted by atomic mass is 35.5. The van der Waals surface area contributed by atoms with Crippen LogP contribution in [0, 0.1) is 0 Å². The summed E-state index contributed by atoms with van der Waals surface area (Å²) in [6.07, 6.45) is -0.669. The normalized spacial score (nSPS) is 12.0. The first-order valence-corrected chi connectivity index (χ1v) is 5.58. The molecule has 0 aliphatic rings. The lowest BCUT2D eigenvalue weighted by molar-refractivity contribution is -0.150. The number of ether oxygens (including phenoxy) is 2. The van der Waals surface area contributed by atoms with Crippen molar-refractivity contribution in [3.8, 4) is 5.75 Å². The van der Waals surface area contributed by atoms with Gasteiger partial charge in [0.05, 0.1) is 16.7 Å². The second-order valence-corrected chi connectivity index (χ2v) is 3.90. The number of esters is 1. The van der Waals surface area contributed by atoms with Gasteiger partial charge in [-0.1, -0.05) is 23.2 Å². The summed E-state index contributed by atoms with van der Waals surface area (Å²) in [7, 11) is 0. The second-order valence-electron chi connectivity index (χ2n) is 3.09. The van der Waals surface area contributed by atoms with E-state index < -0.39 is 12.1 Å². The Morgan fingerprint density at radius 3 is 2.62 bits per heavy atom. The molecular weight excluding hydrogens is 251 g/mol. The van der Waals surface area contributed by atoms with Gasteiger partial charge in [-0.3, -0.25) is 0 Å². The van der Waals surface area contributed by atoms with Crippen LogP contribution in [-0.2, 0) is 9.53 Å². The molecule has 1 aromatic carbocycles. The molecule has 88 valence electrons. The molecule has 0 saturated carbocycles. The Balaban J connectivity index is 2.66. The van der Waals surface area contributed by atoms with Gasteiger partial charge in [-0.25, -0.2) is 4.79 Å². The third kappa shape index (κ3) is 3.58. The fourth-order valence-corrected chi connectivity index (χ4v) is 1.35. The first-order chi connectivity index (χ1) is 7.54. The zero-order chi connectivity index (χ0) is 12.1. The lowest BCUT2D eigenvalue weighted by Crippen LogP contribution is -2.26. The number of rotatable bonds is 4. The van der Waals surface area contributed by atoms with Gasteiger partial charge in [0.25, 0.3) is 0 Å². The van der Waals surface area contributed by atoms with Crippen LogP contribution in [0.2, 0.25) is 10.0 Å².